The van der Waals surface area contributed by atoms with E-state index in [0.717, 1.165) is 22.4 Å². The molecule has 0 aliphatic carbocycles. The Morgan fingerprint density at radius 2 is 1.63 bits per heavy atom. The molecule has 0 atom stereocenters. The smallest absolute Gasteiger partial charge is 0.238 e. The molecule has 30 heavy (non-hydrogen) atoms. The first-order chi connectivity index (χ1) is 14.3. The first-order valence-corrected chi connectivity index (χ1v) is 10.7. The lowest BCUT2D eigenvalue weighted by atomic mass is 10.1. The van der Waals surface area contributed by atoms with Gasteiger partial charge in [-0.15, -0.1) is 0 Å². The first-order valence-electron chi connectivity index (χ1n) is 9.11. The third-order valence-electron chi connectivity index (χ3n) is 4.70. The number of phenols is 1. The molecule has 3 aromatic carbocycles. The SMILES string of the molecule is C=Cc1ccc(-c2cc(-c3cccc(O)c3)nn2-c2ccc(S(N)(=O)=O)cc2)cc1. The normalized spacial score (nSPS) is 11.4. The number of nitrogens with two attached hydrogens (primary N) is 1. The Morgan fingerprint density at radius 3 is 2.23 bits per heavy atom. The molecule has 6 nitrogen and oxygen atoms in total. The zero-order valence-corrected chi connectivity index (χ0v) is 16.8. The van der Waals surface area contributed by atoms with Crippen LogP contribution >= 0.6 is 0 Å². The summed E-state index contributed by atoms with van der Waals surface area (Å²) in [6.45, 7) is 3.78. The summed E-state index contributed by atoms with van der Waals surface area (Å²) in [6, 6.07) is 22.8. The summed E-state index contributed by atoms with van der Waals surface area (Å²) in [4.78, 5) is 0.0310. The maximum absolute atomic E-state index is 11.6. The highest BCUT2D eigenvalue weighted by Crippen LogP contribution is 2.30. The average molecular weight is 417 g/mol. The van der Waals surface area contributed by atoms with Crippen LogP contribution in [0.15, 0.2) is 90.3 Å². The van der Waals surface area contributed by atoms with Crippen molar-refractivity contribution in [3.8, 4) is 34.0 Å². The lowest BCUT2D eigenvalue weighted by Crippen LogP contribution is -2.12. The molecule has 0 aliphatic heterocycles. The van der Waals surface area contributed by atoms with Crippen LogP contribution in [0.3, 0.4) is 0 Å². The van der Waals surface area contributed by atoms with Gasteiger partial charge in [-0.25, -0.2) is 18.2 Å². The van der Waals surface area contributed by atoms with Crippen molar-refractivity contribution in [1.82, 2.24) is 9.78 Å². The van der Waals surface area contributed by atoms with Gasteiger partial charge in [0, 0.05) is 11.1 Å². The van der Waals surface area contributed by atoms with Crippen molar-refractivity contribution in [3.05, 3.63) is 91.0 Å². The molecule has 3 N–H and O–H groups in total. The molecule has 0 spiro atoms. The Labute approximate surface area is 174 Å². The van der Waals surface area contributed by atoms with Crippen LogP contribution in [0, 0.1) is 0 Å². The molecule has 1 heterocycles. The second-order valence-electron chi connectivity index (χ2n) is 6.74. The lowest BCUT2D eigenvalue weighted by molar-refractivity contribution is 0.475. The maximum atomic E-state index is 11.6. The minimum atomic E-state index is -3.78. The van der Waals surface area contributed by atoms with E-state index in [2.05, 4.69) is 6.58 Å². The zero-order chi connectivity index (χ0) is 21.3. The van der Waals surface area contributed by atoms with Crippen LogP contribution in [0.1, 0.15) is 5.56 Å². The van der Waals surface area contributed by atoms with Gasteiger partial charge in [0.1, 0.15) is 5.75 Å². The van der Waals surface area contributed by atoms with Crippen LogP contribution in [0.4, 0.5) is 0 Å². The minimum absolute atomic E-state index is 0.0310. The average Bonchev–Trinajstić information content (AvgIpc) is 3.19. The maximum Gasteiger partial charge on any atom is 0.238 e. The number of rotatable bonds is 5. The Hall–Kier alpha value is -3.68. The topological polar surface area (TPSA) is 98.2 Å². The second kappa shape index (κ2) is 7.62. The molecule has 0 fully saturated rings. The quantitative estimate of drug-likeness (QED) is 0.508. The summed E-state index contributed by atoms with van der Waals surface area (Å²) in [5.41, 5.74) is 4.84. The fourth-order valence-electron chi connectivity index (χ4n) is 3.16. The van der Waals surface area contributed by atoms with Gasteiger partial charge in [-0.3, -0.25) is 0 Å². The van der Waals surface area contributed by atoms with Crippen LogP contribution in [-0.2, 0) is 10.0 Å². The summed E-state index contributed by atoms with van der Waals surface area (Å²) in [5.74, 6) is 0.149. The molecule has 0 saturated heterocycles. The molecular weight excluding hydrogens is 398 g/mol. The van der Waals surface area contributed by atoms with Crippen molar-refractivity contribution in [2.24, 2.45) is 5.14 Å². The molecule has 0 saturated carbocycles. The molecule has 4 rings (SSSR count). The summed E-state index contributed by atoms with van der Waals surface area (Å²) in [7, 11) is -3.78. The van der Waals surface area contributed by atoms with Crippen molar-refractivity contribution in [1.29, 1.82) is 0 Å². The van der Waals surface area contributed by atoms with Crippen LogP contribution in [0.5, 0.6) is 5.75 Å². The number of hydrogen-bond acceptors (Lipinski definition) is 4. The zero-order valence-electron chi connectivity index (χ0n) is 15.9. The van der Waals surface area contributed by atoms with E-state index in [9.17, 15) is 13.5 Å². The van der Waals surface area contributed by atoms with E-state index < -0.39 is 10.0 Å². The van der Waals surface area contributed by atoms with Gasteiger partial charge in [0.05, 0.1) is 22.0 Å². The molecule has 7 heteroatoms. The Bertz CT molecular complexity index is 1320. The van der Waals surface area contributed by atoms with E-state index in [4.69, 9.17) is 10.2 Å². The van der Waals surface area contributed by atoms with Gasteiger partial charge in [-0.1, -0.05) is 49.1 Å². The van der Waals surface area contributed by atoms with E-state index >= 15 is 0 Å². The van der Waals surface area contributed by atoms with Gasteiger partial charge in [-0.2, -0.15) is 5.10 Å². The number of sulfonamides is 1. The van der Waals surface area contributed by atoms with Crippen molar-refractivity contribution in [3.63, 3.8) is 0 Å². The number of benzene rings is 3. The third-order valence-corrected chi connectivity index (χ3v) is 5.63. The molecule has 4 aromatic rings. The number of phenolic OH excluding ortho intramolecular Hbond substituents is 1. The summed E-state index contributed by atoms with van der Waals surface area (Å²) < 4.78 is 24.9. The number of hydrogen-bond donors (Lipinski definition) is 2. The van der Waals surface area contributed by atoms with Crippen LogP contribution in [0.2, 0.25) is 0 Å². The van der Waals surface area contributed by atoms with E-state index in [1.165, 1.54) is 12.1 Å². The van der Waals surface area contributed by atoms with Gasteiger partial charge in [-0.05, 0) is 48.0 Å². The molecule has 0 aliphatic rings. The second-order valence-corrected chi connectivity index (χ2v) is 8.30. The summed E-state index contributed by atoms with van der Waals surface area (Å²) in [5, 5.41) is 19.7. The lowest BCUT2D eigenvalue weighted by Gasteiger charge is -2.09. The Morgan fingerprint density at radius 1 is 0.933 bits per heavy atom. The predicted molar refractivity (Wildman–Crippen MR) is 118 cm³/mol. The largest absolute Gasteiger partial charge is 0.508 e. The van der Waals surface area contributed by atoms with Gasteiger partial charge in [0.2, 0.25) is 10.0 Å². The minimum Gasteiger partial charge on any atom is -0.508 e. The monoisotopic (exact) mass is 417 g/mol. The first kappa shape index (κ1) is 19.6. The standard InChI is InChI=1S/C23H19N3O3S/c1-2-16-6-8-17(9-7-16)23-15-22(18-4-3-5-20(27)14-18)25-26(23)19-10-12-21(13-11-19)30(24,28)29/h2-15,27H,1H2,(H2,24,28,29). The Balaban J connectivity index is 1.87. The van der Waals surface area contributed by atoms with Crippen molar-refractivity contribution >= 4 is 16.1 Å². The fraction of sp³-hybridized carbons (Fsp3) is 0. The number of nitrogens with zero attached hydrogens (tertiary/aromatic N) is 2. The molecule has 150 valence electrons. The van der Waals surface area contributed by atoms with Crippen LogP contribution in [-0.4, -0.2) is 23.3 Å². The molecular formula is C23H19N3O3S. The van der Waals surface area contributed by atoms with E-state index in [-0.39, 0.29) is 10.6 Å². The molecule has 0 bridgehead atoms. The molecule has 1 aromatic heterocycles. The van der Waals surface area contributed by atoms with E-state index in [1.54, 1.807) is 41.1 Å². The van der Waals surface area contributed by atoms with Gasteiger partial charge in [0.15, 0.2) is 0 Å². The highest BCUT2D eigenvalue weighted by molar-refractivity contribution is 7.89. The fourth-order valence-corrected chi connectivity index (χ4v) is 3.67. The van der Waals surface area contributed by atoms with Crippen LogP contribution < -0.4 is 5.14 Å². The Kier molecular flexibility index (Phi) is 4.99. The number of aromatic nitrogens is 2. The summed E-state index contributed by atoms with van der Waals surface area (Å²) >= 11 is 0. The van der Waals surface area contributed by atoms with Gasteiger partial charge >= 0.3 is 0 Å². The molecule has 0 amide bonds. The number of aromatic hydroxyl groups is 1. The summed E-state index contributed by atoms with van der Waals surface area (Å²) in [6.07, 6.45) is 1.77. The van der Waals surface area contributed by atoms with Crippen molar-refractivity contribution in [2.45, 2.75) is 4.90 Å². The predicted octanol–water partition coefficient (Wildman–Crippen LogP) is 4.20. The molecule has 0 radical (unpaired) electrons. The highest BCUT2D eigenvalue weighted by Gasteiger charge is 2.15. The number of primary sulfonamides is 1. The third kappa shape index (κ3) is 3.89. The van der Waals surface area contributed by atoms with Crippen LogP contribution in [0.25, 0.3) is 34.3 Å². The van der Waals surface area contributed by atoms with E-state index in [1.807, 2.05) is 36.4 Å². The van der Waals surface area contributed by atoms with E-state index in [0.29, 0.717) is 11.4 Å². The van der Waals surface area contributed by atoms with Gasteiger partial charge in [0.25, 0.3) is 0 Å². The van der Waals surface area contributed by atoms with Gasteiger partial charge < -0.3 is 5.11 Å². The van der Waals surface area contributed by atoms with Crippen molar-refractivity contribution < 1.29 is 13.5 Å². The van der Waals surface area contributed by atoms with Crippen molar-refractivity contribution in [2.75, 3.05) is 0 Å². The highest BCUT2D eigenvalue weighted by atomic mass is 32.2. The molecule has 0 unspecified atom stereocenters.